The predicted octanol–water partition coefficient (Wildman–Crippen LogP) is 1.07. The number of carbonyl (C=O) groups excluding carboxylic acids is 3. The number of carbonyl (C=O) groups is 3. The highest BCUT2D eigenvalue weighted by atomic mass is 16.2. The number of quaternary nitrogens is 1. The molecule has 1 heterocycles. The van der Waals surface area contributed by atoms with Gasteiger partial charge in [0.05, 0.1) is 6.54 Å². The molecule has 0 fully saturated rings. The first kappa shape index (κ1) is 21.5. The summed E-state index contributed by atoms with van der Waals surface area (Å²) in [6.45, 7) is 5.99. The molecular formula is C23H29N4O3+. The molecule has 2 aromatic carbocycles. The third kappa shape index (κ3) is 5.90. The van der Waals surface area contributed by atoms with Crippen LogP contribution in [0.3, 0.4) is 0 Å². The summed E-state index contributed by atoms with van der Waals surface area (Å²) in [6.07, 6.45) is 0.873. The van der Waals surface area contributed by atoms with Crippen molar-refractivity contribution < 1.29 is 19.3 Å². The summed E-state index contributed by atoms with van der Waals surface area (Å²) < 4.78 is 0. The molecule has 3 rings (SSSR count). The number of fused-ring (bicyclic) bond motifs is 1. The third-order valence-corrected chi connectivity index (χ3v) is 5.28. The Bertz CT molecular complexity index is 911. The minimum Gasteiger partial charge on any atom is -0.333 e. The normalized spacial score (nSPS) is 13.9. The number of anilines is 2. The van der Waals surface area contributed by atoms with Crippen LogP contribution in [-0.4, -0.2) is 48.8 Å². The molecule has 0 saturated carbocycles. The van der Waals surface area contributed by atoms with E-state index >= 15 is 0 Å². The van der Waals surface area contributed by atoms with E-state index in [9.17, 15) is 14.4 Å². The lowest BCUT2D eigenvalue weighted by atomic mass is 10.00. The van der Waals surface area contributed by atoms with E-state index in [-0.39, 0.29) is 24.3 Å². The summed E-state index contributed by atoms with van der Waals surface area (Å²) in [5.74, 6) is -0.208. The molecule has 7 heteroatoms. The molecule has 7 nitrogen and oxygen atoms in total. The minimum absolute atomic E-state index is 0.0776. The van der Waals surface area contributed by atoms with E-state index in [1.807, 2.05) is 24.0 Å². The van der Waals surface area contributed by atoms with Crippen LogP contribution in [0.5, 0.6) is 0 Å². The lowest BCUT2D eigenvalue weighted by Gasteiger charge is -2.29. The zero-order chi connectivity index (χ0) is 21.5. The zero-order valence-corrected chi connectivity index (χ0v) is 17.5. The number of amides is 3. The van der Waals surface area contributed by atoms with Gasteiger partial charge in [-0.25, -0.2) is 0 Å². The van der Waals surface area contributed by atoms with Gasteiger partial charge in [-0.1, -0.05) is 24.3 Å². The first-order chi connectivity index (χ1) is 14.4. The highest BCUT2D eigenvalue weighted by Crippen LogP contribution is 2.18. The van der Waals surface area contributed by atoms with Crippen LogP contribution in [0.2, 0.25) is 0 Å². The summed E-state index contributed by atoms with van der Waals surface area (Å²) in [7, 11) is 0. The summed E-state index contributed by atoms with van der Waals surface area (Å²) in [6, 6.07) is 15.2. The second kappa shape index (κ2) is 10.0. The number of hydrogen-bond acceptors (Lipinski definition) is 3. The Hall–Kier alpha value is -3.19. The van der Waals surface area contributed by atoms with Gasteiger partial charge >= 0.3 is 0 Å². The van der Waals surface area contributed by atoms with Gasteiger partial charge in [0.15, 0.2) is 13.1 Å². The van der Waals surface area contributed by atoms with Crippen molar-refractivity contribution in [2.45, 2.75) is 26.8 Å². The summed E-state index contributed by atoms with van der Waals surface area (Å²) in [5.41, 5.74) is 3.85. The van der Waals surface area contributed by atoms with Gasteiger partial charge < -0.3 is 20.4 Å². The number of rotatable bonds is 7. The van der Waals surface area contributed by atoms with Crippen molar-refractivity contribution >= 4 is 29.1 Å². The van der Waals surface area contributed by atoms with E-state index in [0.717, 1.165) is 17.9 Å². The largest absolute Gasteiger partial charge is 0.333 e. The van der Waals surface area contributed by atoms with Crippen LogP contribution in [0.25, 0.3) is 0 Å². The van der Waals surface area contributed by atoms with E-state index in [1.54, 1.807) is 24.3 Å². The van der Waals surface area contributed by atoms with Crippen LogP contribution in [0, 0.1) is 0 Å². The average Bonchev–Trinajstić information content (AvgIpc) is 2.73. The maximum Gasteiger partial charge on any atom is 0.279 e. The Balaban J connectivity index is 1.50. The van der Waals surface area contributed by atoms with Gasteiger partial charge in [0, 0.05) is 31.4 Å². The fourth-order valence-electron chi connectivity index (χ4n) is 3.62. The Morgan fingerprint density at radius 1 is 0.933 bits per heavy atom. The molecular weight excluding hydrogens is 380 g/mol. The van der Waals surface area contributed by atoms with Crippen molar-refractivity contribution in [3.05, 3.63) is 59.7 Å². The highest BCUT2D eigenvalue weighted by Gasteiger charge is 2.24. The first-order valence-corrected chi connectivity index (χ1v) is 10.3. The molecule has 3 amide bonds. The molecule has 0 saturated heterocycles. The fraction of sp³-hybridized carbons (Fsp3) is 0.348. The second-order valence-corrected chi connectivity index (χ2v) is 7.60. The average molecular weight is 410 g/mol. The second-order valence-electron chi connectivity index (χ2n) is 7.60. The first-order valence-electron chi connectivity index (χ1n) is 10.3. The molecule has 0 radical (unpaired) electrons. The van der Waals surface area contributed by atoms with Crippen LogP contribution in [0.1, 0.15) is 25.0 Å². The fourth-order valence-corrected chi connectivity index (χ4v) is 3.62. The van der Waals surface area contributed by atoms with Crippen LogP contribution in [0.4, 0.5) is 11.4 Å². The molecule has 1 unspecified atom stereocenters. The van der Waals surface area contributed by atoms with Crippen molar-refractivity contribution in [3.63, 3.8) is 0 Å². The Morgan fingerprint density at radius 2 is 1.57 bits per heavy atom. The maximum atomic E-state index is 12.8. The molecule has 0 aliphatic carbocycles. The summed E-state index contributed by atoms with van der Waals surface area (Å²) in [4.78, 5) is 39.1. The van der Waals surface area contributed by atoms with Gasteiger partial charge in [0.2, 0.25) is 5.91 Å². The van der Waals surface area contributed by atoms with Crippen LogP contribution >= 0.6 is 0 Å². The Morgan fingerprint density at radius 3 is 2.20 bits per heavy atom. The van der Waals surface area contributed by atoms with Gasteiger partial charge in [-0.2, -0.15) is 0 Å². The zero-order valence-electron chi connectivity index (χ0n) is 17.5. The number of benzene rings is 2. The molecule has 30 heavy (non-hydrogen) atoms. The van der Waals surface area contributed by atoms with E-state index in [2.05, 4.69) is 22.8 Å². The number of nitrogens with zero attached hydrogens (tertiary/aromatic N) is 1. The molecule has 0 bridgehead atoms. The molecule has 158 valence electrons. The molecule has 3 N–H and O–H groups in total. The Kier molecular flexibility index (Phi) is 7.19. The van der Waals surface area contributed by atoms with Crippen LogP contribution in [0.15, 0.2) is 48.5 Å². The lowest BCUT2D eigenvalue weighted by Crippen LogP contribution is -3.14. The quantitative estimate of drug-likeness (QED) is 0.640. The van der Waals surface area contributed by atoms with Crippen molar-refractivity contribution in [1.82, 2.24) is 4.90 Å². The maximum absolute atomic E-state index is 12.8. The van der Waals surface area contributed by atoms with Crippen LogP contribution in [-0.2, 0) is 27.3 Å². The molecule has 0 aromatic heterocycles. The van der Waals surface area contributed by atoms with Gasteiger partial charge in [-0.15, -0.1) is 0 Å². The van der Waals surface area contributed by atoms with Crippen molar-refractivity contribution in [2.24, 2.45) is 0 Å². The minimum atomic E-state index is -0.143. The smallest absolute Gasteiger partial charge is 0.279 e. The van der Waals surface area contributed by atoms with E-state index < -0.39 is 0 Å². The number of likely N-dealkylation sites (N-methyl/N-ethyl adjacent to an activating group) is 1. The molecule has 1 atom stereocenters. The molecule has 1 aliphatic rings. The summed E-state index contributed by atoms with van der Waals surface area (Å²) in [5, 5.41) is 5.54. The highest BCUT2D eigenvalue weighted by molar-refractivity contribution is 5.92. The van der Waals surface area contributed by atoms with E-state index in [0.29, 0.717) is 31.0 Å². The van der Waals surface area contributed by atoms with E-state index in [1.165, 1.54) is 18.1 Å². The number of nitrogens with one attached hydrogen (secondary N) is 3. The van der Waals surface area contributed by atoms with Gasteiger partial charge in [0.25, 0.3) is 11.8 Å². The standard InChI is InChI=1S/C23H28N4O3/c1-3-26(15-22(29)25-21-10-8-20(9-11-21)24-17(2)28)16-23(30)27-13-12-18-6-4-5-7-19(18)14-27/h4-11H,3,12-16H2,1-2H3,(H,24,28)(H,25,29)/p+1. The van der Waals surface area contributed by atoms with Gasteiger partial charge in [-0.05, 0) is 48.7 Å². The summed E-state index contributed by atoms with van der Waals surface area (Å²) >= 11 is 0. The van der Waals surface area contributed by atoms with Gasteiger partial charge in [-0.3, -0.25) is 14.4 Å². The van der Waals surface area contributed by atoms with E-state index in [4.69, 9.17) is 0 Å². The lowest BCUT2D eigenvalue weighted by molar-refractivity contribution is -0.882. The van der Waals surface area contributed by atoms with Crippen molar-refractivity contribution in [2.75, 3.05) is 36.8 Å². The molecule has 1 aliphatic heterocycles. The van der Waals surface area contributed by atoms with Crippen molar-refractivity contribution in [3.8, 4) is 0 Å². The molecule has 0 spiro atoms. The predicted molar refractivity (Wildman–Crippen MR) is 116 cm³/mol. The van der Waals surface area contributed by atoms with Crippen molar-refractivity contribution in [1.29, 1.82) is 0 Å². The van der Waals surface area contributed by atoms with Crippen LogP contribution < -0.4 is 15.5 Å². The third-order valence-electron chi connectivity index (χ3n) is 5.28. The Labute approximate surface area is 177 Å². The number of hydrogen-bond donors (Lipinski definition) is 3. The monoisotopic (exact) mass is 409 g/mol. The topological polar surface area (TPSA) is 83.0 Å². The van der Waals surface area contributed by atoms with Gasteiger partial charge in [0.1, 0.15) is 0 Å². The SMILES string of the molecule is CC[NH+](CC(=O)Nc1ccc(NC(C)=O)cc1)CC(=O)N1CCc2ccccc2C1. The molecule has 2 aromatic rings.